The van der Waals surface area contributed by atoms with Crippen LogP contribution in [0.4, 0.5) is 0 Å². The van der Waals surface area contributed by atoms with E-state index in [0.29, 0.717) is 33.0 Å². The highest BCUT2D eigenvalue weighted by Crippen LogP contribution is 2.06. The zero-order valence-corrected chi connectivity index (χ0v) is 8.07. The minimum atomic E-state index is -0.563. The standard InChI is InChI=1S/C9H18O4/c1-2-3-11-6-8(10)9-7-12-4-5-13-9/h8-10H,2-7H2,1H3. The van der Waals surface area contributed by atoms with Gasteiger partial charge in [-0.15, -0.1) is 0 Å². The summed E-state index contributed by atoms with van der Waals surface area (Å²) in [5.41, 5.74) is 0. The second kappa shape index (κ2) is 6.32. The number of hydrogen-bond donors (Lipinski definition) is 1. The van der Waals surface area contributed by atoms with Crippen molar-refractivity contribution in [3.8, 4) is 0 Å². The predicted octanol–water partition coefficient (Wildman–Crippen LogP) is 0.189. The molecule has 1 N–H and O–H groups in total. The van der Waals surface area contributed by atoms with Gasteiger partial charge in [0.15, 0.2) is 0 Å². The first-order valence-electron chi connectivity index (χ1n) is 4.79. The van der Waals surface area contributed by atoms with Gasteiger partial charge in [-0.1, -0.05) is 6.92 Å². The van der Waals surface area contributed by atoms with Crippen molar-refractivity contribution in [2.75, 3.05) is 33.0 Å². The maximum Gasteiger partial charge on any atom is 0.109 e. The summed E-state index contributed by atoms with van der Waals surface area (Å²) in [6, 6.07) is 0. The first-order chi connectivity index (χ1) is 6.34. The Kier molecular flexibility index (Phi) is 5.31. The molecule has 0 amide bonds. The first kappa shape index (κ1) is 10.9. The highest BCUT2D eigenvalue weighted by molar-refractivity contribution is 4.70. The third kappa shape index (κ3) is 4.04. The van der Waals surface area contributed by atoms with Gasteiger partial charge in [-0.05, 0) is 6.42 Å². The summed E-state index contributed by atoms with van der Waals surface area (Å²) < 4.78 is 15.7. The molecular weight excluding hydrogens is 172 g/mol. The summed E-state index contributed by atoms with van der Waals surface area (Å²) in [5, 5.41) is 9.57. The minimum Gasteiger partial charge on any atom is -0.388 e. The normalized spacial score (nSPS) is 25.8. The number of rotatable bonds is 5. The van der Waals surface area contributed by atoms with Gasteiger partial charge in [0.1, 0.15) is 12.2 Å². The molecule has 1 aliphatic heterocycles. The molecule has 2 unspecified atom stereocenters. The highest BCUT2D eigenvalue weighted by Gasteiger charge is 2.22. The molecule has 1 fully saturated rings. The molecule has 0 aromatic heterocycles. The van der Waals surface area contributed by atoms with Crippen LogP contribution in [-0.4, -0.2) is 50.3 Å². The SMILES string of the molecule is CCCOCC(O)C1COCCO1. The molecule has 1 saturated heterocycles. The van der Waals surface area contributed by atoms with Gasteiger partial charge in [0.05, 0.1) is 26.4 Å². The van der Waals surface area contributed by atoms with E-state index < -0.39 is 6.10 Å². The van der Waals surface area contributed by atoms with Gasteiger partial charge < -0.3 is 19.3 Å². The van der Waals surface area contributed by atoms with Crippen LogP contribution < -0.4 is 0 Å². The van der Waals surface area contributed by atoms with Crippen LogP contribution in [0.2, 0.25) is 0 Å². The van der Waals surface area contributed by atoms with Gasteiger partial charge in [0.25, 0.3) is 0 Å². The van der Waals surface area contributed by atoms with Crippen molar-refractivity contribution in [3.05, 3.63) is 0 Å². The lowest BCUT2D eigenvalue weighted by atomic mass is 10.2. The van der Waals surface area contributed by atoms with E-state index in [1.54, 1.807) is 0 Å². The minimum absolute atomic E-state index is 0.217. The molecule has 13 heavy (non-hydrogen) atoms. The second-order valence-corrected chi connectivity index (χ2v) is 3.13. The summed E-state index contributed by atoms with van der Waals surface area (Å²) in [4.78, 5) is 0. The van der Waals surface area contributed by atoms with E-state index in [9.17, 15) is 5.11 Å². The lowest BCUT2D eigenvalue weighted by molar-refractivity contribution is -0.145. The summed E-state index contributed by atoms with van der Waals surface area (Å²) in [7, 11) is 0. The van der Waals surface area contributed by atoms with Crippen molar-refractivity contribution >= 4 is 0 Å². The van der Waals surface area contributed by atoms with Crippen molar-refractivity contribution in [3.63, 3.8) is 0 Å². The molecule has 1 heterocycles. The Bertz CT molecular complexity index is 123. The Morgan fingerprint density at radius 2 is 2.38 bits per heavy atom. The fourth-order valence-electron chi connectivity index (χ4n) is 1.18. The zero-order chi connectivity index (χ0) is 9.52. The number of aliphatic hydroxyl groups is 1. The maximum atomic E-state index is 9.57. The quantitative estimate of drug-likeness (QED) is 0.629. The van der Waals surface area contributed by atoms with Crippen LogP contribution >= 0.6 is 0 Å². The molecule has 78 valence electrons. The molecule has 1 aliphatic rings. The Morgan fingerprint density at radius 3 is 3.00 bits per heavy atom. The van der Waals surface area contributed by atoms with Gasteiger partial charge in [0.2, 0.25) is 0 Å². The van der Waals surface area contributed by atoms with Gasteiger partial charge in [-0.25, -0.2) is 0 Å². The molecule has 0 aromatic rings. The Labute approximate surface area is 78.8 Å². The average molecular weight is 190 g/mol. The van der Waals surface area contributed by atoms with Crippen molar-refractivity contribution in [1.29, 1.82) is 0 Å². The van der Waals surface area contributed by atoms with Crippen molar-refractivity contribution in [1.82, 2.24) is 0 Å². The fourth-order valence-corrected chi connectivity index (χ4v) is 1.18. The Balaban J connectivity index is 2.09. The molecule has 0 bridgehead atoms. The fraction of sp³-hybridized carbons (Fsp3) is 1.00. The highest BCUT2D eigenvalue weighted by atomic mass is 16.6. The summed E-state index contributed by atoms with van der Waals surface area (Å²) in [6.45, 7) is 4.71. The van der Waals surface area contributed by atoms with E-state index in [4.69, 9.17) is 14.2 Å². The van der Waals surface area contributed by atoms with Gasteiger partial charge in [-0.3, -0.25) is 0 Å². The van der Waals surface area contributed by atoms with Gasteiger partial charge >= 0.3 is 0 Å². The maximum absolute atomic E-state index is 9.57. The van der Waals surface area contributed by atoms with E-state index in [-0.39, 0.29) is 6.10 Å². The molecule has 2 atom stereocenters. The lowest BCUT2D eigenvalue weighted by Gasteiger charge is -2.26. The smallest absolute Gasteiger partial charge is 0.109 e. The Hall–Kier alpha value is -0.160. The number of aliphatic hydroxyl groups excluding tert-OH is 1. The Morgan fingerprint density at radius 1 is 1.54 bits per heavy atom. The molecule has 4 heteroatoms. The third-order valence-corrected chi connectivity index (χ3v) is 1.91. The van der Waals surface area contributed by atoms with Crippen LogP contribution in [0.1, 0.15) is 13.3 Å². The van der Waals surface area contributed by atoms with Crippen LogP contribution in [0.25, 0.3) is 0 Å². The van der Waals surface area contributed by atoms with Crippen LogP contribution in [0, 0.1) is 0 Å². The van der Waals surface area contributed by atoms with Gasteiger partial charge in [0, 0.05) is 6.61 Å². The molecule has 0 aliphatic carbocycles. The van der Waals surface area contributed by atoms with Crippen LogP contribution in [0.5, 0.6) is 0 Å². The third-order valence-electron chi connectivity index (χ3n) is 1.91. The van der Waals surface area contributed by atoms with Crippen molar-refractivity contribution in [2.45, 2.75) is 25.6 Å². The number of ether oxygens (including phenoxy) is 3. The van der Waals surface area contributed by atoms with Crippen molar-refractivity contribution < 1.29 is 19.3 Å². The largest absolute Gasteiger partial charge is 0.388 e. The van der Waals surface area contributed by atoms with Crippen molar-refractivity contribution in [2.24, 2.45) is 0 Å². The van der Waals surface area contributed by atoms with E-state index >= 15 is 0 Å². The van der Waals surface area contributed by atoms with E-state index in [1.807, 2.05) is 6.92 Å². The molecule has 0 saturated carbocycles. The van der Waals surface area contributed by atoms with Crippen LogP contribution in [-0.2, 0) is 14.2 Å². The molecule has 1 rings (SSSR count). The first-order valence-corrected chi connectivity index (χ1v) is 4.79. The molecule has 4 nitrogen and oxygen atoms in total. The van der Waals surface area contributed by atoms with E-state index in [1.165, 1.54) is 0 Å². The summed E-state index contributed by atoms with van der Waals surface area (Å²) in [5.74, 6) is 0. The summed E-state index contributed by atoms with van der Waals surface area (Å²) >= 11 is 0. The van der Waals surface area contributed by atoms with Gasteiger partial charge in [-0.2, -0.15) is 0 Å². The topological polar surface area (TPSA) is 47.9 Å². The second-order valence-electron chi connectivity index (χ2n) is 3.13. The van der Waals surface area contributed by atoms with E-state index in [0.717, 1.165) is 6.42 Å². The summed E-state index contributed by atoms with van der Waals surface area (Å²) in [6.07, 6.45) is 0.187. The average Bonchev–Trinajstić information content (AvgIpc) is 2.19. The monoisotopic (exact) mass is 190 g/mol. The van der Waals surface area contributed by atoms with E-state index in [2.05, 4.69) is 0 Å². The van der Waals surface area contributed by atoms with Crippen LogP contribution in [0.3, 0.4) is 0 Å². The molecule has 0 radical (unpaired) electrons. The lowest BCUT2D eigenvalue weighted by Crippen LogP contribution is -2.40. The molecular formula is C9H18O4. The molecule has 0 aromatic carbocycles. The molecule has 0 spiro atoms. The predicted molar refractivity (Wildman–Crippen MR) is 47.7 cm³/mol. The zero-order valence-electron chi connectivity index (χ0n) is 8.07. The number of hydrogen-bond acceptors (Lipinski definition) is 4. The van der Waals surface area contributed by atoms with Crippen LogP contribution in [0.15, 0.2) is 0 Å².